The van der Waals surface area contributed by atoms with Crippen LogP contribution >= 0.6 is 0 Å². The summed E-state index contributed by atoms with van der Waals surface area (Å²) in [6, 6.07) is -0.580. The summed E-state index contributed by atoms with van der Waals surface area (Å²) in [7, 11) is 0. The normalized spacial score (nSPS) is 25.5. The third-order valence-corrected chi connectivity index (χ3v) is 6.49. The van der Waals surface area contributed by atoms with Gasteiger partial charge in [-0.25, -0.2) is 4.79 Å². The van der Waals surface area contributed by atoms with Crippen LogP contribution in [-0.4, -0.2) is 53.4 Å². The number of hydrogen-bond donors (Lipinski definition) is 2. The van der Waals surface area contributed by atoms with Crippen molar-refractivity contribution in [1.82, 2.24) is 15.5 Å². The average Bonchev–Trinajstić information content (AvgIpc) is 2.90. The minimum absolute atomic E-state index is 0.194. The largest absolute Gasteiger partial charge is 0.451 e. The van der Waals surface area contributed by atoms with Crippen molar-refractivity contribution in [3.63, 3.8) is 0 Å². The van der Waals surface area contributed by atoms with E-state index in [0.29, 0.717) is 18.8 Å². The number of urea groups is 1. The van der Waals surface area contributed by atoms with E-state index < -0.39 is 36.1 Å². The maximum atomic E-state index is 13.0. The van der Waals surface area contributed by atoms with Crippen LogP contribution in [0.3, 0.4) is 0 Å². The fourth-order valence-electron chi connectivity index (χ4n) is 4.07. The van der Waals surface area contributed by atoms with Gasteiger partial charge in [-0.3, -0.25) is 19.3 Å². The minimum Gasteiger partial charge on any atom is -0.451 e. The maximum absolute atomic E-state index is 13.0. The molecular weight excluding hydrogens is 374 g/mol. The van der Waals surface area contributed by atoms with E-state index in [1.165, 1.54) is 13.0 Å². The highest BCUT2D eigenvalue weighted by Gasteiger charge is 2.53. The van der Waals surface area contributed by atoms with Crippen molar-refractivity contribution in [2.45, 2.75) is 71.4 Å². The Bertz CT molecular complexity index is 680. The van der Waals surface area contributed by atoms with Crippen molar-refractivity contribution in [3.05, 3.63) is 12.7 Å². The SMILES string of the molecule is C=CCNC(=O)C(C)OC(=O)CN1C(=O)NC2(CCC(C(C)(C)CC)CC2)C1=O. The van der Waals surface area contributed by atoms with Gasteiger partial charge >= 0.3 is 12.0 Å². The molecule has 8 heteroatoms. The Kier molecular flexibility index (Phi) is 7.08. The Labute approximate surface area is 172 Å². The number of hydrogen-bond acceptors (Lipinski definition) is 5. The number of rotatable bonds is 8. The summed E-state index contributed by atoms with van der Waals surface area (Å²) >= 11 is 0. The van der Waals surface area contributed by atoms with Gasteiger partial charge < -0.3 is 15.4 Å². The molecule has 29 heavy (non-hydrogen) atoms. The van der Waals surface area contributed by atoms with Crippen LogP contribution in [0.1, 0.15) is 59.8 Å². The van der Waals surface area contributed by atoms with Gasteiger partial charge in [0.2, 0.25) is 0 Å². The summed E-state index contributed by atoms with van der Waals surface area (Å²) in [5.41, 5.74) is -0.732. The first-order valence-corrected chi connectivity index (χ1v) is 10.3. The first-order valence-electron chi connectivity index (χ1n) is 10.3. The Morgan fingerprint density at radius 1 is 1.38 bits per heavy atom. The lowest BCUT2D eigenvalue weighted by Gasteiger charge is -2.42. The van der Waals surface area contributed by atoms with E-state index in [1.54, 1.807) is 0 Å². The molecule has 1 atom stereocenters. The molecule has 0 bridgehead atoms. The molecule has 1 spiro atoms. The predicted octanol–water partition coefficient (Wildman–Crippen LogP) is 2.14. The smallest absolute Gasteiger partial charge is 0.327 e. The zero-order valence-electron chi connectivity index (χ0n) is 17.9. The van der Waals surface area contributed by atoms with Crippen LogP contribution in [0.15, 0.2) is 12.7 Å². The zero-order valence-corrected chi connectivity index (χ0v) is 17.9. The van der Waals surface area contributed by atoms with E-state index in [0.717, 1.165) is 24.2 Å². The Morgan fingerprint density at radius 2 is 2.00 bits per heavy atom. The van der Waals surface area contributed by atoms with Gasteiger partial charge in [-0.1, -0.05) is 33.3 Å². The number of carbonyl (C=O) groups is 4. The molecule has 8 nitrogen and oxygen atoms in total. The van der Waals surface area contributed by atoms with Crippen LogP contribution < -0.4 is 10.6 Å². The van der Waals surface area contributed by atoms with Crippen LogP contribution in [0.5, 0.6) is 0 Å². The molecule has 1 unspecified atom stereocenters. The van der Waals surface area contributed by atoms with Crippen molar-refractivity contribution in [2.24, 2.45) is 11.3 Å². The number of ether oxygens (including phenoxy) is 1. The van der Waals surface area contributed by atoms with E-state index in [9.17, 15) is 19.2 Å². The Morgan fingerprint density at radius 3 is 2.55 bits per heavy atom. The number of carbonyl (C=O) groups excluding carboxylic acids is 4. The number of nitrogens with one attached hydrogen (secondary N) is 2. The molecule has 2 rings (SSSR count). The summed E-state index contributed by atoms with van der Waals surface area (Å²) in [6.07, 6.45) is 4.38. The summed E-state index contributed by atoms with van der Waals surface area (Å²) in [4.78, 5) is 50.2. The standard InChI is InChI=1S/C21H33N3O5/c1-6-12-22-17(26)14(3)29-16(25)13-24-18(27)21(23-19(24)28)10-8-15(9-11-21)20(4,5)7-2/h6,14-15H,1,7-13H2,2-5H3,(H,22,26)(H,23,28). The van der Waals surface area contributed by atoms with Gasteiger partial charge in [-0.15, -0.1) is 6.58 Å². The topological polar surface area (TPSA) is 105 Å². The van der Waals surface area contributed by atoms with Crippen molar-refractivity contribution >= 4 is 23.8 Å². The summed E-state index contributed by atoms with van der Waals surface area (Å²) in [5.74, 6) is -1.15. The van der Waals surface area contributed by atoms with Gasteiger partial charge in [0, 0.05) is 6.54 Å². The third-order valence-electron chi connectivity index (χ3n) is 6.49. The maximum Gasteiger partial charge on any atom is 0.327 e. The van der Waals surface area contributed by atoms with Gasteiger partial charge in [-0.2, -0.15) is 0 Å². The second-order valence-corrected chi connectivity index (χ2v) is 8.69. The number of nitrogens with zero attached hydrogens (tertiary/aromatic N) is 1. The summed E-state index contributed by atoms with van der Waals surface area (Å²) in [6.45, 7) is 11.3. The molecule has 2 N–H and O–H groups in total. The van der Waals surface area contributed by atoms with Gasteiger partial charge in [0.1, 0.15) is 12.1 Å². The summed E-state index contributed by atoms with van der Waals surface area (Å²) in [5, 5.41) is 5.33. The molecule has 1 aliphatic heterocycles. The molecule has 1 saturated heterocycles. The van der Waals surface area contributed by atoms with Crippen molar-refractivity contribution in [1.29, 1.82) is 0 Å². The van der Waals surface area contributed by atoms with Crippen molar-refractivity contribution in [2.75, 3.05) is 13.1 Å². The molecule has 1 saturated carbocycles. The first kappa shape index (κ1) is 22.9. The second-order valence-electron chi connectivity index (χ2n) is 8.69. The van der Waals surface area contributed by atoms with Crippen molar-refractivity contribution in [3.8, 4) is 0 Å². The van der Waals surface area contributed by atoms with Gasteiger partial charge in [0.15, 0.2) is 6.10 Å². The molecule has 2 fully saturated rings. The molecule has 162 valence electrons. The Hall–Kier alpha value is -2.38. The van der Waals surface area contributed by atoms with Crippen LogP contribution in [0.4, 0.5) is 4.79 Å². The van der Waals surface area contributed by atoms with E-state index in [-0.39, 0.29) is 17.9 Å². The number of esters is 1. The lowest BCUT2D eigenvalue weighted by atomic mass is 9.65. The van der Waals surface area contributed by atoms with Crippen LogP contribution in [-0.2, 0) is 19.1 Å². The second kappa shape index (κ2) is 8.97. The first-order chi connectivity index (χ1) is 13.6. The zero-order chi connectivity index (χ0) is 21.8. The number of amides is 4. The quantitative estimate of drug-likeness (QED) is 0.364. The van der Waals surface area contributed by atoms with E-state index >= 15 is 0 Å². The third kappa shape index (κ3) is 4.97. The van der Waals surface area contributed by atoms with Gasteiger partial charge in [0.25, 0.3) is 11.8 Å². The fraction of sp³-hybridized carbons (Fsp3) is 0.714. The minimum atomic E-state index is -1.02. The predicted molar refractivity (Wildman–Crippen MR) is 108 cm³/mol. The highest BCUT2D eigenvalue weighted by molar-refractivity contribution is 6.08. The summed E-state index contributed by atoms with van der Waals surface area (Å²) < 4.78 is 5.06. The van der Waals surface area contributed by atoms with Gasteiger partial charge in [-0.05, 0) is 43.9 Å². The molecule has 1 aliphatic carbocycles. The highest BCUT2D eigenvalue weighted by Crippen LogP contribution is 2.45. The molecule has 1 heterocycles. The number of imide groups is 1. The van der Waals surface area contributed by atoms with Crippen LogP contribution in [0.25, 0.3) is 0 Å². The molecule has 0 aromatic rings. The fourth-order valence-corrected chi connectivity index (χ4v) is 4.07. The lowest BCUT2D eigenvalue weighted by Crippen LogP contribution is -2.51. The molecule has 0 aromatic heterocycles. The highest BCUT2D eigenvalue weighted by atomic mass is 16.5. The molecule has 4 amide bonds. The lowest BCUT2D eigenvalue weighted by molar-refractivity contribution is -0.156. The molecule has 2 aliphatic rings. The average molecular weight is 408 g/mol. The van der Waals surface area contributed by atoms with E-state index in [1.807, 2.05) is 0 Å². The van der Waals surface area contributed by atoms with E-state index in [2.05, 4.69) is 38.0 Å². The Balaban J connectivity index is 1.95. The van der Waals surface area contributed by atoms with Crippen LogP contribution in [0, 0.1) is 11.3 Å². The van der Waals surface area contributed by atoms with Crippen molar-refractivity contribution < 1.29 is 23.9 Å². The molecule has 0 aromatic carbocycles. The van der Waals surface area contributed by atoms with E-state index in [4.69, 9.17) is 4.74 Å². The van der Waals surface area contributed by atoms with Crippen LogP contribution in [0.2, 0.25) is 0 Å². The molecule has 0 radical (unpaired) electrons. The van der Waals surface area contributed by atoms with Gasteiger partial charge in [0.05, 0.1) is 0 Å². The monoisotopic (exact) mass is 407 g/mol. The molecular formula is C21H33N3O5.